The number of amides is 1. The molecule has 3 aromatic carbocycles. The Morgan fingerprint density at radius 3 is 2.59 bits per heavy atom. The van der Waals surface area contributed by atoms with Crippen LogP contribution in [0.15, 0.2) is 60.7 Å². The SMILES string of the molecule is O=C1Nc2cc(Cl)ccc2C1(Cc1cccc(Cl)c1)N1CCc2cccc(Cl)c21. The van der Waals surface area contributed by atoms with Crippen LogP contribution in [0.1, 0.15) is 16.7 Å². The number of carbonyl (C=O) groups excluding carboxylic acids is 1. The molecule has 5 rings (SSSR count). The molecular weight excluding hydrogens is 427 g/mol. The van der Waals surface area contributed by atoms with Crippen molar-refractivity contribution in [1.29, 1.82) is 0 Å². The fourth-order valence-corrected chi connectivity index (χ4v) is 5.28. The van der Waals surface area contributed by atoms with E-state index in [0.29, 0.717) is 28.0 Å². The normalized spacial score (nSPS) is 19.8. The lowest BCUT2D eigenvalue weighted by Gasteiger charge is -2.39. The van der Waals surface area contributed by atoms with Gasteiger partial charge in [0.25, 0.3) is 5.91 Å². The van der Waals surface area contributed by atoms with Crippen LogP contribution in [0.5, 0.6) is 0 Å². The highest BCUT2D eigenvalue weighted by molar-refractivity contribution is 6.34. The van der Waals surface area contributed by atoms with Gasteiger partial charge in [-0.05, 0) is 47.9 Å². The summed E-state index contributed by atoms with van der Waals surface area (Å²) < 4.78 is 0. The minimum atomic E-state index is -0.930. The predicted molar refractivity (Wildman–Crippen MR) is 119 cm³/mol. The minimum absolute atomic E-state index is 0.0810. The summed E-state index contributed by atoms with van der Waals surface area (Å²) in [6.07, 6.45) is 1.31. The van der Waals surface area contributed by atoms with Crippen molar-refractivity contribution in [2.24, 2.45) is 0 Å². The first-order chi connectivity index (χ1) is 14.0. The smallest absolute Gasteiger partial charge is 0.255 e. The number of hydrogen-bond acceptors (Lipinski definition) is 2. The third-order valence-corrected chi connectivity index (χ3v) is 6.58. The second kappa shape index (κ2) is 6.94. The molecule has 0 fully saturated rings. The highest BCUT2D eigenvalue weighted by Gasteiger charge is 2.53. The molecule has 1 unspecified atom stereocenters. The molecule has 29 heavy (non-hydrogen) atoms. The number of fused-ring (bicyclic) bond motifs is 2. The molecule has 3 aromatic rings. The zero-order valence-electron chi connectivity index (χ0n) is 15.4. The average Bonchev–Trinajstić information content (AvgIpc) is 3.22. The maximum absolute atomic E-state index is 13.6. The van der Waals surface area contributed by atoms with E-state index in [9.17, 15) is 4.79 Å². The Labute approximate surface area is 184 Å². The van der Waals surface area contributed by atoms with E-state index in [-0.39, 0.29) is 5.91 Å². The molecular formula is C23H17Cl3N2O. The first kappa shape index (κ1) is 18.8. The molecule has 2 heterocycles. The Morgan fingerprint density at radius 1 is 0.966 bits per heavy atom. The van der Waals surface area contributed by atoms with Gasteiger partial charge in [0.1, 0.15) is 0 Å². The van der Waals surface area contributed by atoms with E-state index in [2.05, 4.69) is 16.3 Å². The van der Waals surface area contributed by atoms with Crippen LogP contribution in [0, 0.1) is 0 Å². The first-order valence-electron chi connectivity index (χ1n) is 9.40. The zero-order valence-corrected chi connectivity index (χ0v) is 17.7. The first-order valence-corrected chi connectivity index (χ1v) is 10.5. The van der Waals surface area contributed by atoms with Gasteiger partial charge in [-0.25, -0.2) is 0 Å². The van der Waals surface area contributed by atoms with Crippen LogP contribution in [0.2, 0.25) is 15.1 Å². The second-order valence-corrected chi connectivity index (χ2v) is 8.74. The summed E-state index contributed by atoms with van der Waals surface area (Å²) in [5.74, 6) is -0.0810. The Bertz CT molecular complexity index is 1150. The van der Waals surface area contributed by atoms with E-state index in [4.69, 9.17) is 34.8 Å². The van der Waals surface area contributed by atoms with Gasteiger partial charge in [0.2, 0.25) is 0 Å². The van der Waals surface area contributed by atoms with Crippen molar-refractivity contribution >= 4 is 52.1 Å². The largest absolute Gasteiger partial charge is 0.351 e. The quantitative estimate of drug-likeness (QED) is 0.530. The molecule has 0 spiro atoms. The van der Waals surface area contributed by atoms with Gasteiger partial charge in [0.05, 0.1) is 10.7 Å². The molecule has 0 bridgehead atoms. The van der Waals surface area contributed by atoms with E-state index in [1.54, 1.807) is 6.07 Å². The van der Waals surface area contributed by atoms with Crippen molar-refractivity contribution in [1.82, 2.24) is 0 Å². The Hall–Kier alpha value is -2.20. The standard InChI is InChI=1S/C23H17Cl3N2O/c24-16-5-1-3-14(11-16)13-23(18-8-7-17(25)12-20(18)27-22(23)29)28-10-9-15-4-2-6-19(26)21(15)28/h1-8,11-12H,9-10,13H2,(H,27,29). The molecule has 6 heteroatoms. The molecule has 2 aliphatic rings. The summed E-state index contributed by atoms with van der Waals surface area (Å²) in [7, 11) is 0. The van der Waals surface area contributed by atoms with Gasteiger partial charge in [-0.1, -0.05) is 65.1 Å². The van der Waals surface area contributed by atoms with Crippen LogP contribution < -0.4 is 10.2 Å². The van der Waals surface area contributed by atoms with Crippen molar-refractivity contribution in [3.63, 3.8) is 0 Å². The molecule has 0 saturated heterocycles. The molecule has 0 saturated carbocycles. The highest BCUT2D eigenvalue weighted by Crippen LogP contribution is 2.50. The maximum atomic E-state index is 13.6. The number of carbonyl (C=O) groups is 1. The molecule has 1 amide bonds. The van der Waals surface area contributed by atoms with Crippen molar-refractivity contribution in [3.05, 3.63) is 92.4 Å². The highest BCUT2D eigenvalue weighted by atomic mass is 35.5. The van der Waals surface area contributed by atoms with E-state index in [1.807, 2.05) is 48.5 Å². The number of nitrogens with one attached hydrogen (secondary N) is 1. The summed E-state index contributed by atoms with van der Waals surface area (Å²) in [5, 5.41) is 4.93. The van der Waals surface area contributed by atoms with Gasteiger partial charge in [-0.2, -0.15) is 0 Å². The van der Waals surface area contributed by atoms with E-state index < -0.39 is 5.54 Å². The summed E-state index contributed by atoms with van der Waals surface area (Å²) in [5.41, 5.74) is 3.77. The third kappa shape index (κ3) is 2.92. The molecule has 1 atom stereocenters. The van der Waals surface area contributed by atoms with Crippen LogP contribution in [0.3, 0.4) is 0 Å². The minimum Gasteiger partial charge on any atom is -0.351 e. The number of halogens is 3. The number of nitrogens with zero attached hydrogens (tertiary/aromatic N) is 1. The van der Waals surface area contributed by atoms with Gasteiger partial charge in [-0.15, -0.1) is 0 Å². The number of hydrogen-bond donors (Lipinski definition) is 1. The fraction of sp³-hybridized carbons (Fsp3) is 0.174. The Morgan fingerprint density at radius 2 is 1.76 bits per heavy atom. The molecule has 0 aliphatic carbocycles. The van der Waals surface area contributed by atoms with Crippen LogP contribution in [-0.4, -0.2) is 12.5 Å². The lowest BCUT2D eigenvalue weighted by molar-refractivity contribution is -0.120. The number of anilines is 2. The predicted octanol–water partition coefficient (Wildman–Crippen LogP) is 6.10. The van der Waals surface area contributed by atoms with E-state index in [0.717, 1.165) is 34.5 Å². The van der Waals surface area contributed by atoms with E-state index >= 15 is 0 Å². The van der Waals surface area contributed by atoms with Crippen LogP contribution >= 0.6 is 34.8 Å². The Balaban J connectivity index is 1.74. The molecule has 0 aromatic heterocycles. The van der Waals surface area contributed by atoms with Crippen molar-refractivity contribution in [2.75, 3.05) is 16.8 Å². The van der Waals surface area contributed by atoms with Crippen molar-refractivity contribution in [2.45, 2.75) is 18.4 Å². The molecule has 2 aliphatic heterocycles. The molecule has 146 valence electrons. The number of rotatable bonds is 3. The van der Waals surface area contributed by atoms with Crippen molar-refractivity contribution < 1.29 is 4.79 Å². The van der Waals surface area contributed by atoms with Crippen LogP contribution in [0.4, 0.5) is 11.4 Å². The number of benzene rings is 3. The van der Waals surface area contributed by atoms with Crippen LogP contribution in [0.25, 0.3) is 0 Å². The average molecular weight is 444 g/mol. The summed E-state index contributed by atoms with van der Waals surface area (Å²) >= 11 is 19.1. The van der Waals surface area contributed by atoms with Crippen molar-refractivity contribution in [3.8, 4) is 0 Å². The van der Waals surface area contributed by atoms with Crippen LogP contribution in [-0.2, 0) is 23.2 Å². The van der Waals surface area contributed by atoms with Gasteiger partial charge in [0.15, 0.2) is 5.54 Å². The second-order valence-electron chi connectivity index (χ2n) is 7.46. The monoisotopic (exact) mass is 442 g/mol. The van der Waals surface area contributed by atoms with Gasteiger partial charge >= 0.3 is 0 Å². The summed E-state index contributed by atoms with van der Waals surface area (Å²) in [4.78, 5) is 15.7. The lowest BCUT2D eigenvalue weighted by atomic mass is 9.83. The Kier molecular flexibility index (Phi) is 4.50. The zero-order chi connectivity index (χ0) is 20.2. The molecule has 0 radical (unpaired) electrons. The third-order valence-electron chi connectivity index (χ3n) is 5.81. The topological polar surface area (TPSA) is 32.3 Å². The molecule has 1 N–H and O–H groups in total. The summed E-state index contributed by atoms with van der Waals surface area (Å²) in [6, 6.07) is 19.1. The lowest BCUT2D eigenvalue weighted by Crippen LogP contribution is -2.52. The van der Waals surface area contributed by atoms with Gasteiger partial charge < -0.3 is 10.2 Å². The fourth-order valence-electron chi connectivity index (χ4n) is 4.60. The van der Waals surface area contributed by atoms with Gasteiger partial charge in [0, 0.05) is 34.3 Å². The summed E-state index contributed by atoms with van der Waals surface area (Å²) in [6.45, 7) is 0.703. The van der Waals surface area contributed by atoms with E-state index in [1.165, 1.54) is 0 Å². The number of para-hydroxylation sites is 1. The van der Waals surface area contributed by atoms with Gasteiger partial charge in [-0.3, -0.25) is 4.79 Å². The molecule has 3 nitrogen and oxygen atoms in total. The maximum Gasteiger partial charge on any atom is 0.255 e.